The fourth-order valence-electron chi connectivity index (χ4n) is 5.03. The van der Waals surface area contributed by atoms with E-state index in [1.54, 1.807) is 4.90 Å². The van der Waals surface area contributed by atoms with E-state index in [9.17, 15) is 14.4 Å². The number of hydrogen-bond donors (Lipinski definition) is 1. The van der Waals surface area contributed by atoms with Gasteiger partial charge in [-0.15, -0.1) is 0 Å². The van der Waals surface area contributed by atoms with Gasteiger partial charge in [0.05, 0.1) is 0 Å². The first-order valence-electron chi connectivity index (χ1n) is 8.86. The number of anilines is 1. The predicted molar refractivity (Wildman–Crippen MR) is 95.8 cm³/mol. The molecule has 1 heterocycles. The molecule has 2 unspecified atom stereocenters. The van der Waals surface area contributed by atoms with Gasteiger partial charge in [0.1, 0.15) is 0 Å². The van der Waals surface area contributed by atoms with E-state index in [0.717, 1.165) is 5.69 Å². The Bertz CT molecular complexity index is 702. The Morgan fingerprint density at radius 3 is 2.00 bits per heavy atom. The molecule has 1 aliphatic heterocycles. The normalized spacial score (nSPS) is 34.4. The van der Waals surface area contributed by atoms with E-state index in [1.165, 1.54) is 0 Å². The lowest BCUT2D eigenvalue weighted by Crippen LogP contribution is -2.64. The van der Waals surface area contributed by atoms with Crippen LogP contribution in [0.25, 0.3) is 0 Å². The van der Waals surface area contributed by atoms with Gasteiger partial charge >= 0.3 is 0 Å². The summed E-state index contributed by atoms with van der Waals surface area (Å²) in [5, 5.41) is 2.51. The molecule has 1 aromatic rings. The maximum atomic E-state index is 13.5. The van der Waals surface area contributed by atoms with Crippen LogP contribution < -0.4 is 10.2 Å². The van der Waals surface area contributed by atoms with Crippen molar-refractivity contribution in [2.75, 3.05) is 11.4 Å². The summed E-state index contributed by atoms with van der Waals surface area (Å²) in [6, 6.07) is 9.55. The minimum Gasteiger partial charge on any atom is -0.312 e. The molecular weight excluding hydrogens is 316 g/mol. The van der Waals surface area contributed by atoms with E-state index >= 15 is 0 Å². The summed E-state index contributed by atoms with van der Waals surface area (Å²) in [6.07, 6.45) is 1.42. The maximum Gasteiger partial charge on any atom is 0.232 e. The van der Waals surface area contributed by atoms with Crippen molar-refractivity contribution in [3.63, 3.8) is 0 Å². The number of para-hydroxylation sites is 1. The lowest BCUT2D eigenvalue weighted by atomic mass is 9.52. The van der Waals surface area contributed by atoms with Gasteiger partial charge in [0, 0.05) is 28.5 Å². The average molecular weight is 342 g/mol. The second kappa shape index (κ2) is 5.68. The molecule has 1 saturated carbocycles. The maximum absolute atomic E-state index is 13.5. The summed E-state index contributed by atoms with van der Waals surface area (Å²) >= 11 is 0. The highest BCUT2D eigenvalue weighted by molar-refractivity contribution is 6.06. The van der Waals surface area contributed by atoms with Crippen LogP contribution in [-0.4, -0.2) is 24.3 Å². The van der Waals surface area contributed by atoms with Crippen molar-refractivity contribution in [1.82, 2.24) is 5.32 Å². The molecule has 0 spiro atoms. The third-order valence-corrected chi connectivity index (χ3v) is 5.81. The third kappa shape index (κ3) is 2.75. The Hall–Kier alpha value is -2.17. The minimum absolute atomic E-state index is 0.0131. The molecule has 3 amide bonds. The zero-order valence-electron chi connectivity index (χ0n) is 15.4. The summed E-state index contributed by atoms with van der Waals surface area (Å²) in [5.74, 6) is -0.520. The van der Waals surface area contributed by atoms with Gasteiger partial charge in [0.15, 0.2) is 0 Å². The summed E-state index contributed by atoms with van der Waals surface area (Å²) < 4.78 is 0. The molecule has 2 fully saturated rings. The van der Waals surface area contributed by atoms with Gasteiger partial charge in [-0.3, -0.25) is 19.7 Å². The number of piperidine rings is 1. The Labute approximate surface area is 148 Å². The molecule has 0 radical (unpaired) electrons. The molecular formula is C20H26N2O3. The smallest absolute Gasteiger partial charge is 0.232 e. The van der Waals surface area contributed by atoms with Crippen LogP contribution >= 0.6 is 0 Å². The number of nitrogens with one attached hydrogen (secondary N) is 1. The summed E-state index contributed by atoms with van der Waals surface area (Å²) in [6.45, 7) is 8.14. The van der Waals surface area contributed by atoms with Crippen molar-refractivity contribution in [2.45, 2.75) is 47.0 Å². The van der Waals surface area contributed by atoms with Crippen LogP contribution in [0.1, 0.15) is 47.0 Å². The van der Waals surface area contributed by atoms with Crippen LogP contribution in [0.5, 0.6) is 0 Å². The Morgan fingerprint density at radius 1 is 1.00 bits per heavy atom. The molecule has 5 nitrogen and oxygen atoms in total. The SMILES string of the molecule is CCN(C(=O)C1(C)CC2(C)CC(C)(C1)C(=O)NC2=O)c1ccccc1. The van der Waals surface area contributed by atoms with Crippen molar-refractivity contribution in [3.05, 3.63) is 30.3 Å². The van der Waals surface area contributed by atoms with Gasteiger partial charge in [0.25, 0.3) is 0 Å². The second-order valence-corrected chi connectivity index (χ2v) is 8.38. The Balaban J connectivity index is 1.99. The zero-order chi connectivity index (χ0) is 18.5. The summed E-state index contributed by atoms with van der Waals surface area (Å²) in [5.41, 5.74) is -1.29. The molecule has 134 valence electrons. The first-order valence-corrected chi connectivity index (χ1v) is 8.86. The Morgan fingerprint density at radius 2 is 1.52 bits per heavy atom. The zero-order valence-corrected chi connectivity index (χ0v) is 15.4. The van der Waals surface area contributed by atoms with Gasteiger partial charge in [0.2, 0.25) is 17.7 Å². The number of amides is 3. The second-order valence-electron chi connectivity index (χ2n) is 8.38. The fraction of sp³-hybridized carbons (Fsp3) is 0.550. The number of nitrogens with zero attached hydrogens (tertiary/aromatic N) is 1. The fourth-order valence-corrected chi connectivity index (χ4v) is 5.03. The molecule has 2 bridgehead atoms. The van der Waals surface area contributed by atoms with Crippen molar-refractivity contribution in [2.24, 2.45) is 16.2 Å². The molecule has 2 atom stereocenters. The molecule has 0 aromatic heterocycles. The number of rotatable bonds is 3. The van der Waals surface area contributed by atoms with E-state index in [1.807, 2.05) is 58.0 Å². The number of benzene rings is 1. The van der Waals surface area contributed by atoms with Crippen molar-refractivity contribution in [1.29, 1.82) is 0 Å². The highest BCUT2D eigenvalue weighted by Crippen LogP contribution is 2.57. The molecule has 1 aromatic carbocycles. The van der Waals surface area contributed by atoms with E-state index in [4.69, 9.17) is 0 Å². The van der Waals surface area contributed by atoms with E-state index in [-0.39, 0.29) is 17.7 Å². The van der Waals surface area contributed by atoms with Crippen molar-refractivity contribution < 1.29 is 14.4 Å². The highest BCUT2D eigenvalue weighted by Gasteiger charge is 2.61. The molecule has 5 heteroatoms. The first-order chi connectivity index (χ1) is 11.6. The number of fused-ring (bicyclic) bond motifs is 2. The molecule has 2 aliphatic rings. The average Bonchev–Trinajstić information content (AvgIpc) is 2.54. The van der Waals surface area contributed by atoms with Crippen LogP contribution in [0.4, 0.5) is 5.69 Å². The third-order valence-electron chi connectivity index (χ3n) is 5.81. The number of hydrogen-bond acceptors (Lipinski definition) is 3. The summed E-state index contributed by atoms with van der Waals surface area (Å²) in [4.78, 5) is 40.1. The van der Waals surface area contributed by atoms with Crippen molar-refractivity contribution in [3.8, 4) is 0 Å². The summed E-state index contributed by atoms with van der Waals surface area (Å²) in [7, 11) is 0. The minimum atomic E-state index is -0.749. The molecule has 25 heavy (non-hydrogen) atoms. The van der Waals surface area contributed by atoms with Crippen LogP contribution in [-0.2, 0) is 14.4 Å². The van der Waals surface area contributed by atoms with Gasteiger partial charge in [-0.2, -0.15) is 0 Å². The van der Waals surface area contributed by atoms with Gasteiger partial charge in [-0.05, 0) is 38.3 Å². The van der Waals surface area contributed by atoms with E-state index in [2.05, 4.69) is 5.32 Å². The topological polar surface area (TPSA) is 66.5 Å². The standard InChI is InChI=1S/C20H26N2O3/c1-5-22(14-9-7-6-8-10-14)17(25)20(4)12-18(2)11-19(3,13-20)16(24)21-15(18)23/h6-10H,5,11-13H2,1-4H3,(H,21,23,24). The largest absolute Gasteiger partial charge is 0.312 e. The van der Waals surface area contributed by atoms with Crippen molar-refractivity contribution >= 4 is 23.4 Å². The van der Waals surface area contributed by atoms with Gasteiger partial charge in [-0.1, -0.05) is 39.0 Å². The lowest BCUT2D eigenvalue weighted by molar-refractivity contribution is -0.163. The van der Waals surface area contributed by atoms with Gasteiger partial charge < -0.3 is 4.90 Å². The quantitative estimate of drug-likeness (QED) is 0.859. The molecule has 1 saturated heterocycles. The number of carbonyl (C=O) groups is 3. The molecule has 3 rings (SSSR count). The predicted octanol–water partition coefficient (Wildman–Crippen LogP) is 2.90. The Kier molecular flexibility index (Phi) is 4.01. The van der Waals surface area contributed by atoms with E-state index in [0.29, 0.717) is 25.8 Å². The highest BCUT2D eigenvalue weighted by atomic mass is 16.2. The lowest BCUT2D eigenvalue weighted by Gasteiger charge is -2.54. The number of carbonyl (C=O) groups excluding carboxylic acids is 3. The van der Waals surface area contributed by atoms with Gasteiger partial charge in [-0.25, -0.2) is 0 Å². The van der Waals surface area contributed by atoms with E-state index < -0.39 is 16.2 Å². The first kappa shape index (κ1) is 17.6. The van der Waals surface area contributed by atoms with Crippen LogP contribution in [0, 0.1) is 16.2 Å². The molecule has 1 N–H and O–H groups in total. The molecule has 1 aliphatic carbocycles. The monoisotopic (exact) mass is 342 g/mol. The van der Waals surface area contributed by atoms with Crippen LogP contribution in [0.15, 0.2) is 30.3 Å². The van der Waals surface area contributed by atoms with Crippen LogP contribution in [0.3, 0.4) is 0 Å². The number of imide groups is 1. The van der Waals surface area contributed by atoms with Crippen LogP contribution in [0.2, 0.25) is 0 Å².